The van der Waals surface area contributed by atoms with Crippen molar-refractivity contribution < 1.29 is 4.79 Å². The van der Waals surface area contributed by atoms with Gasteiger partial charge in [0, 0.05) is 16.7 Å². The second kappa shape index (κ2) is 7.98. The molecule has 4 nitrogen and oxygen atoms in total. The summed E-state index contributed by atoms with van der Waals surface area (Å²) in [5, 5.41) is 2.96. The van der Waals surface area contributed by atoms with Gasteiger partial charge in [-0.05, 0) is 56.1 Å². The van der Waals surface area contributed by atoms with Crippen LogP contribution in [0.3, 0.4) is 0 Å². The number of aryl methyl sites for hydroxylation is 1. The second-order valence-electron chi connectivity index (χ2n) is 5.13. The molecule has 1 unspecified atom stereocenters. The number of benzene rings is 1. The summed E-state index contributed by atoms with van der Waals surface area (Å²) in [6.07, 6.45) is 1.10. The first-order valence-electron chi connectivity index (χ1n) is 6.57. The zero-order chi connectivity index (χ0) is 13.8. The molecule has 0 aliphatic carbocycles. The van der Waals surface area contributed by atoms with Crippen LogP contribution < -0.4 is 11.1 Å². The van der Waals surface area contributed by atoms with Gasteiger partial charge in [0.1, 0.15) is 0 Å². The lowest BCUT2D eigenvalue weighted by Gasteiger charge is -2.16. The fourth-order valence-electron chi connectivity index (χ4n) is 2.41. The SMILES string of the molecule is Cc1cc(Br)ccc1NC(=O)CN1CCC(CN)C1.Cl. The van der Waals surface area contributed by atoms with Crippen molar-refractivity contribution in [3.05, 3.63) is 28.2 Å². The molecule has 1 aliphatic heterocycles. The lowest BCUT2D eigenvalue weighted by Crippen LogP contribution is -2.32. The molecule has 1 heterocycles. The van der Waals surface area contributed by atoms with Gasteiger partial charge in [0.05, 0.1) is 6.54 Å². The zero-order valence-corrected chi connectivity index (χ0v) is 14.0. The summed E-state index contributed by atoms with van der Waals surface area (Å²) in [4.78, 5) is 14.2. The molecule has 0 spiro atoms. The fourth-order valence-corrected chi connectivity index (χ4v) is 2.88. The maximum atomic E-state index is 12.0. The quantitative estimate of drug-likeness (QED) is 0.864. The number of nitrogens with two attached hydrogens (primary N) is 1. The molecular formula is C14H21BrClN3O. The predicted octanol–water partition coefficient (Wildman–Crippen LogP) is 2.40. The van der Waals surface area contributed by atoms with E-state index in [4.69, 9.17) is 5.73 Å². The average molecular weight is 363 g/mol. The Morgan fingerprint density at radius 2 is 2.30 bits per heavy atom. The maximum absolute atomic E-state index is 12.0. The van der Waals surface area contributed by atoms with Crippen LogP contribution in [0, 0.1) is 12.8 Å². The van der Waals surface area contributed by atoms with Gasteiger partial charge in [-0.2, -0.15) is 0 Å². The van der Waals surface area contributed by atoms with Crippen molar-refractivity contribution in [2.75, 3.05) is 31.5 Å². The molecule has 1 fully saturated rings. The second-order valence-corrected chi connectivity index (χ2v) is 6.05. The molecule has 1 aliphatic rings. The number of hydrogen-bond acceptors (Lipinski definition) is 3. The molecule has 1 saturated heterocycles. The molecule has 1 aromatic rings. The number of nitrogens with zero attached hydrogens (tertiary/aromatic N) is 1. The third-order valence-electron chi connectivity index (χ3n) is 3.53. The number of halogens is 2. The third kappa shape index (κ3) is 4.74. The summed E-state index contributed by atoms with van der Waals surface area (Å²) in [5.74, 6) is 0.588. The number of carbonyl (C=O) groups is 1. The van der Waals surface area contributed by atoms with Gasteiger partial charge < -0.3 is 11.1 Å². The van der Waals surface area contributed by atoms with Gasteiger partial charge in [-0.1, -0.05) is 15.9 Å². The van der Waals surface area contributed by atoms with Crippen molar-refractivity contribution in [1.82, 2.24) is 4.90 Å². The van der Waals surface area contributed by atoms with Gasteiger partial charge in [0.25, 0.3) is 0 Å². The molecule has 0 bridgehead atoms. The normalized spacial score (nSPS) is 18.6. The smallest absolute Gasteiger partial charge is 0.238 e. The summed E-state index contributed by atoms with van der Waals surface area (Å²) in [6.45, 7) is 5.05. The zero-order valence-electron chi connectivity index (χ0n) is 11.6. The topological polar surface area (TPSA) is 58.4 Å². The first-order valence-corrected chi connectivity index (χ1v) is 7.36. The number of carbonyl (C=O) groups excluding carboxylic acids is 1. The van der Waals surface area contributed by atoms with Gasteiger partial charge in [-0.15, -0.1) is 12.4 Å². The lowest BCUT2D eigenvalue weighted by molar-refractivity contribution is -0.117. The summed E-state index contributed by atoms with van der Waals surface area (Å²) in [6, 6.07) is 5.85. The van der Waals surface area contributed by atoms with E-state index in [1.165, 1.54) is 0 Å². The highest BCUT2D eigenvalue weighted by Crippen LogP contribution is 2.20. The molecule has 1 atom stereocenters. The Hall–Kier alpha value is -0.620. The minimum atomic E-state index is 0. The van der Waals surface area contributed by atoms with E-state index < -0.39 is 0 Å². The largest absolute Gasteiger partial charge is 0.330 e. The van der Waals surface area contributed by atoms with E-state index in [2.05, 4.69) is 26.1 Å². The van der Waals surface area contributed by atoms with E-state index in [1.54, 1.807) is 0 Å². The van der Waals surface area contributed by atoms with Crippen LogP contribution in [0.1, 0.15) is 12.0 Å². The lowest BCUT2D eigenvalue weighted by atomic mass is 10.1. The highest BCUT2D eigenvalue weighted by Gasteiger charge is 2.22. The number of likely N-dealkylation sites (tertiary alicyclic amines) is 1. The molecule has 1 amide bonds. The number of hydrogen-bond donors (Lipinski definition) is 2. The molecule has 6 heteroatoms. The maximum Gasteiger partial charge on any atom is 0.238 e. The van der Waals surface area contributed by atoms with Crippen LogP contribution in [-0.2, 0) is 4.79 Å². The summed E-state index contributed by atoms with van der Waals surface area (Å²) in [5.41, 5.74) is 7.59. The van der Waals surface area contributed by atoms with Crippen molar-refractivity contribution >= 4 is 39.9 Å². The molecule has 1 aromatic carbocycles. The van der Waals surface area contributed by atoms with E-state index in [1.807, 2.05) is 25.1 Å². The van der Waals surface area contributed by atoms with Crippen LogP contribution in [-0.4, -0.2) is 37.0 Å². The molecule has 0 aromatic heterocycles. The van der Waals surface area contributed by atoms with Crippen LogP contribution in [0.25, 0.3) is 0 Å². The summed E-state index contributed by atoms with van der Waals surface area (Å²) < 4.78 is 1.02. The minimum Gasteiger partial charge on any atom is -0.330 e. The van der Waals surface area contributed by atoms with Crippen LogP contribution in [0.4, 0.5) is 5.69 Å². The molecule has 0 saturated carbocycles. The van der Waals surface area contributed by atoms with Crippen LogP contribution in [0.15, 0.2) is 22.7 Å². The van der Waals surface area contributed by atoms with Gasteiger partial charge in [-0.25, -0.2) is 0 Å². The Balaban J connectivity index is 0.00000200. The molecule has 20 heavy (non-hydrogen) atoms. The molecule has 2 rings (SSSR count). The van der Waals surface area contributed by atoms with Crippen molar-refractivity contribution in [3.63, 3.8) is 0 Å². The Kier molecular flexibility index (Phi) is 6.95. The molecule has 0 radical (unpaired) electrons. The first-order chi connectivity index (χ1) is 9.08. The highest BCUT2D eigenvalue weighted by molar-refractivity contribution is 9.10. The average Bonchev–Trinajstić information content (AvgIpc) is 2.80. The molecule has 112 valence electrons. The Labute approximate surface area is 134 Å². The van der Waals surface area contributed by atoms with Crippen molar-refractivity contribution in [2.45, 2.75) is 13.3 Å². The Morgan fingerprint density at radius 1 is 1.55 bits per heavy atom. The van der Waals surface area contributed by atoms with Gasteiger partial charge >= 0.3 is 0 Å². The summed E-state index contributed by atoms with van der Waals surface area (Å²) >= 11 is 3.42. The standard InChI is InChI=1S/C14H20BrN3O.ClH/c1-10-6-12(15)2-3-13(10)17-14(19)9-18-5-4-11(7-16)8-18;/h2-3,6,11H,4-5,7-9,16H2,1H3,(H,17,19);1H. The Morgan fingerprint density at radius 3 is 2.90 bits per heavy atom. The van der Waals surface area contributed by atoms with Crippen molar-refractivity contribution in [3.8, 4) is 0 Å². The summed E-state index contributed by atoms with van der Waals surface area (Å²) in [7, 11) is 0. The third-order valence-corrected chi connectivity index (χ3v) is 4.03. The van der Waals surface area contributed by atoms with E-state index >= 15 is 0 Å². The van der Waals surface area contributed by atoms with Crippen LogP contribution in [0.5, 0.6) is 0 Å². The minimum absolute atomic E-state index is 0. The van der Waals surface area contributed by atoms with Crippen molar-refractivity contribution in [1.29, 1.82) is 0 Å². The number of nitrogens with one attached hydrogen (secondary N) is 1. The van der Waals surface area contributed by atoms with E-state index in [-0.39, 0.29) is 18.3 Å². The number of rotatable bonds is 4. The Bertz CT molecular complexity index is 470. The van der Waals surface area contributed by atoms with Gasteiger partial charge in [0.2, 0.25) is 5.91 Å². The van der Waals surface area contributed by atoms with Crippen LogP contribution >= 0.6 is 28.3 Å². The fraction of sp³-hybridized carbons (Fsp3) is 0.500. The van der Waals surface area contributed by atoms with Crippen molar-refractivity contribution in [2.24, 2.45) is 11.7 Å². The first kappa shape index (κ1) is 17.4. The van der Waals surface area contributed by atoms with Crippen LogP contribution in [0.2, 0.25) is 0 Å². The van der Waals surface area contributed by atoms with E-state index in [0.29, 0.717) is 19.0 Å². The van der Waals surface area contributed by atoms with Gasteiger partial charge in [0.15, 0.2) is 0 Å². The monoisotopic (exact) mass is 361 g/mol. The molecule has 3 N–H and O–H groups in total. The number of anilines is 1. The highest BCUT2D eigenvalue weighted by atomic mass is 79.9. The van der Waals surface area contributed by atoms with E-state index in [9.17, 15) is 4.79 Å². The number of amides is 1. The van der Waals surface area contributed by atoms with Gasteiger partial charge in [-0.3, -0.25) is 9.69 Å². The molecular weight excluding hydrogens is 342 g/mol. The predicted molar refractivity (Wildman–Crippen MR) is 88.4 cm³/mol. The van der Waals surface area contributed by atoms with E-state index in [0.717, 1.165) is 35.2 Å².